The number of rotatable bonds is 5. The second kappa shape index (κ2) is 6.01. The van der Waals surface area contributed by atoms with Crippen LogP contribution >= 0.6 is 0 Å². The van der Waals surface area contributed by atoms with Crippen LogP contribution in [-0.4, -0.2) is 42.9 Å². The Morgan fingerprint density at radius 2 is 2.24 bits per heavy atom. The van der Waals surface area contributed by atoms with E-state index in [0.717, 1.165) is 13.0 Å². The molecule has 1 aromatic heterocycles. The van der Waals surface area contributed by atoms with Crippen LogP contribution in [0, 0.1) is 0 Å². The van der Waals surface area contributed by atoms with Crippen molar-refractivity contribution in [2.75, 3.05) is 23.4 Å². The summed E-state index contributed by atoms with van der Waals surface area (Å²) in [5.41, 5.74) is -0.204. The van der Waals surface area contributed by atoms with Gasteiger partial charge >= 0.3 is 0 Å². The van der Waals surface area contributed by atoms with Crippen molar-refractivity contribution in [2.24, 2.45) is 0 Å². The van der Waals surface area contributed by atoms with Crippen LogP contribution in [0.1, 0.15) is 37.0 Å². The molecule has 21 heavy (non-hydrogen) atoms. The summed E-state index contributed by atoms with van der Waals surface area (Å²) in [6.07, 6.45) is 2.99. The summed E-state index contributed by atoms with van der Waals surface area (Å²) in [4.78, 5) is 16.4. The lowest BCUT2D eigenvalue weighted by Gasteiger charge is -2.23. The largest absolute Gasteiger partial charge is 0.370 e. The molecule has 2 N–H and O–H groups in total. The molecule has 2 heterocycles. The van der Waals surface area contributed by atoms with E-state index in [0.29, 0.717) is 17.8 Å². The number of aromatic nitrogens is 1. The summed E-state index contributed by atoms with van der Waals surface area (Å²) in [6, 6.07) is 3.30. The maximum atomic E-state index is 12.3. The molecule has 2 rings (SSSR count). The third-order valence-corrected chi connectivity index (χ3v) is 5.40. The molecular weight excluding hydrogens is 290 g/mol. The van der Waals surface area contributed by atoms with Crippen molar-refractivity contribution in [2.45, 2.75) is 32.2 Å². The van der Waals surface area contributed by atoms with Gasteiger partial charge in [-0.15, -0.1) is 0 Å². The van der Waals surface area contributed by atoms with Crippen LogP contribution in [0.25, 0.3) is 0 Å². The Morgan fingerprint density at radius 1 is 1.48 bits per heavy atom. The molecule has 0 aliphatic carbocycles. The first-order chi connectivity index (χ1) is 9.84. The van der Waals surface area contributed by atoms with Gasteiger partial charge in [-0.25, -0.2) is 13.4 Å². The number of anilines is 1. The van der Waals surface area contributed by atoms with Crippen molar-refractivity contribution in [1.29, 1.82) is 0 Å². The van der Waals surface area contributed by atoms with E-state index in [1.807, 2.05) is 6.92 Å². The molecule has 0 bridgehead atoms. The Balaban J connectivity index is 2.07. The number of nitrogens with one attached hydrogen (secondary N) is 2. The Hall–Kier alpha value is -1.63. The van der Waals surface area contributed by atoms with E-state index in [1.165, 1.54) is 0 Å². The molecule has 7 heteroatoms. The zero-order valence-corrected chi connectivity index (χ0v) is 13.2. The van der Waals surface area contributed by atoms with Crippen molar-refractivity contribution in [3.63, 3.8) is 0 Å². The third-order valence-electron chi connectivity index (χ3n) is 3.50. The van der Waals surface area contributed by atoms with Gasteiger partial charge in [-0.3, -0.25) is 4.79 Å². The first-order valence-electron chi connectivity index (χ1n) is 7.06. The van der Waals surface area contributed by atoms with Crippen LogP contribution in [0.5, 0.6) is 0 Å². The lowest BCUT2D eigenvalue weighted by molar-refractivity contribution is 0.0915. The topological polar surface area (TPSA) is 88.2 Å². The quantitative estimate of drug-likeness (QED) is 0.853. The molecule has 1 aliphatic rings. The number of nitrogens with zero attached hydrogens (tertiary/aromatic N) is 1. The van der Waals surface area contributed by atoms with Crippen molar-refractivity contribution in [3.8, 4) is 0 Å². The molecule has 6 nitrogen and oxygen atoms in total. The number of carbonyl (C=O) groups excluding carboxylic acids is 1. The minimum Gasteiger partial charge on any atom is -0.370 e. The van der Waals surface area contributed by atoms with Gasteiger partial charge < -0.3 is 10.6 Å². The Labute approximate surface area is 125 Å². The van der Waals surface area contributed by atoms with Gasteiger partial charge in [-0.2, -0.15) is 0 Å². The second-order valence-corrected chi connectivity index (χ2v) is 7.90. The number of pyridine rings is 1. The molecule has 116 valence electrons. The van der Waals surface area contributed by atoms with E-state index in [9.17, 15) is 13.2 Å². The number of sulfone groups is 1. The van der Waals surface area contributed by atoms with Crippen molar-refractivity contribution >= 4 is 21.6 Å². The molecule has 0 spiro atoms. The smallest absolute Gasteiger partial charge is 0.251 e. The number of hydrogen-bond donors (Lipinski definition) is 2. The van der Waals surface area contributed by atoms with Gasteiger partial charge in [0.2, 0.25) is 0 Å². The molecule has 0 radical (unpaired) electrons. The predicted molar refractivity (Wildman–Crippen MR) is 82.2 cm³/mol. The van der Waals surface area contributed by atoms with E-state index in [-0.39, 0.29) is 17.4 Å². The number of amides is 1. The maximum Gasteiger partial charge on any atom is 0.251 e. The van der Waals surface area contributed by atoms with E-state index in [2.05, 4.69) is 15.6 Å². The molecule has 0 aromatic carbocycles. The minimum atomic E-state index is -3.04. The predicted octanol–water partition coefficient (Wildman–Crippen LogP) is 1.21. The molecule has 0 saturated carbocycles. The fourth-order valence-electron chi connectivity index (χ4n) is 2.38. The Kier molecular flexibility index (Phi) is 4.51. The maximum absolute atomic E-state index is 12.3. The monoisotopic (exact) mass is 311 g/mol. The van der Waals surface area contributed by atoms with Gasteiger partial charge in [0.05, 0.1) is 17.0 Å². The van der Waals surface area contributed by atoms with Crippen LogP contribution in [0.15, 0.2) is 18.3 Å². The highest BCUT2D eigenvalue weighted by Gasteiger charge is 2.39. The molecule has 1 aromatic rings. The van der Waals surface area contributed by atoms with E-state index < -0.39 is 15.4 Å². The lowest BCUT2D eigenvalue weighted by Crippen LogP contribution is -2.46. The van der Waals surface area contributed by atoms with Gasteiger partial charge in [0.1, 0.15) is 5.82 Å². The molecular formula is C14H21N3O3S. The van der Waals surface area contributed by atoms with Gasteiger partial charge in [-0.05, 0) is 31.9 Å². The van der Waals surface area contributed by atoms with E-state index in [4.69, 9.17) is 0 Å². The summed E-state index contributed by atoms with van der Waals surface area (Å²) in [6.45, 7) is 4.60. The minimum absolute atomic E-state index is 0.00222. The normalized spacial score (nSPS) is 23.7. The third kappa shape index (κ3) is 4.17. The number of carbonyl (C=O) groups is 1. The molecule has 1 atom stereocenters. The summed E-state index contributed by atoms with van der Waals surface area (Å²) in [5.74, 6) is 0.506. The van der Waals surface area contributed by atoms with Gasteiger partial charge in [0.15, 0.2) is 9.84 Å². The van der Waals surface area contributed by atoms with Crippen molar-refractivity contribution < 1.29 is 13.2 Å². The highest BCUT2D eigenvalue weighted by Crippen LogP contribution is 2.23. The SMILES string of the molecule is CCCNc1cc(C(=O)NC2(C)CCS(=O)(=O)C2)ccn1. The second-order valence-electron chi connectivity index (χ2n) is 5.71. The van der Waals surface area contributed by atoms with E-state index in [1.54, 1.807) is 25.3 Å². The van der Waals surface area contributed by atoms with Gasteiger partial charge in [0.25, 0.3) is 5.91 Å². The van der Waals surface area contributed by atoms with Crippen LogP contribution in [0.3, 0.4) is 0 Å². The average Bonchev–Trinajstić information content (AvgIpc) is 2.70. The fraction of sp³-hybridized carbons (Fsp3) is 0.571. The molecule has 1 fully saturated rings. The molecule has 1 saturated heterocycles. The Bertz CT molecular complexity index is 630. The molecule has 1 amide bonds. The first-order valence-corrected chi connectivity index (χ1v) is 8.89. The van der Waals surface area contributed by atoms with Crippen LogP contribution in [0.4, 0.5) is 5.82 Å². The lowest BCUT2D eigenvalue weighted by atomic mass is 10.0. The summed E-state index contributed by atoms with van der Waals surface area (Å²) >= 11 is 0. The average molecular weight is 311 g/mol. The van der Waals surface area contributed by atoms with Gasteiger partial charge in [-0.1, -0.05) is 6.92 Å². The van der Waals surface area contributed by atoms with Gasteiger partial charge in [0, 0.05) is 18.3 Å². The Morgan fingerprint density at radius 3 is 2.86 bits per heavy atom. The van der Waals surface area contributed by atoms with Crippen LogP contribution in [-0.2, 0) is 9.84 Å². The zero-order valence-electron chi connectivity index (χ0n) is 12.3. The number of hydrogen-bond acceptors (Lipinski definition) is 5. The standard InChI is InChI=1S/C14H21N3O3S/c1-3-6-15-12-9-11(4-7-16-12)13(18)17-14(2)5-8-21(19,20)10-14/h4,7,9H,3,5-6,8,10H2,1-2H3,(H,15,16)(H,17,18). The highest BCUT2D eigenvalue weighted by atomic mass is 32.2. The van der Waals surface area contributed by atoms with Crippen molar-refractivity contribution in [1.82, 2.24) is 10.3 Å². The highest BCUT2D eigenvalue weighted by molar-refractivity contribution is 7.91. The summed E-state index contributed by atoms with van der Waals surface area (Å²) in [7, 11) is -3.04. The molecule has 1 aliphatic heterocycles. The van der Waals surface area contributed by atoms with Crippen molar-refractivity contribution in [3.05, 3.63) is 23.9 Å². The zero-order chi connectivity index (χ0) is 15.5. The summed E-state index contributed by atoms with van der Waals surface area (Å²) < 4.78 is 23.1. The molecule has 1 unspecified atom stereocenters. The van der Waals surface area contributed by atoms with E-state index >= 15 is 0 Å². The first kappa shape index (κ1) is 15.8. The van der Waals surface area contributed by atoms with Crippen LogP contribution < -0.4 is 10.6 Å². The fourth-order valence-corrected chi connectivity index (χ4v) is 4.47. The van der Waals surface area contributed by atoms with Crippen LogP contribution in [0.2, 0.25) is 0 Å². The summed E-state index contributed by atoms with van der Waals surface area (Å²) in [5, 5.41) is 5.96.